The number of nitrogens with one attached hydrogen (secondary N) is 3. The van der Waals surface area contributed by atoms with Crippen molar-refractivity contribution in [3.8, 4) is 0 Å². The van der Waals surface area contributed by atoms with Gasteiger partial charge < -0.3 is 20.9 Å². The molecule has 3 N–H and O–H groups in total. The summed E-state index contributed by atoms with van der Waals surface area (Å²) < 4.78 is 0. The normalized spacial score (nSPS) is 21.0. The first-order valence-electron chi connectivity index (χ1n) is 8.46. The fraction of sp³-hybridized carbons (Fsp3) is 0.529. The number of nitrogens with zero attached hydrogens (tertiary/aromatic N) is 1. The summed E-state index contributed by atoms with van der Waals surface area (Å²) in [5.74, 6) is -0.0999. The second-order valence-electron chi connectivity index (χ2n) is 6.16. The maximum atomic E-state index is 12.3. The summed E-state index contributed by atoms with van der Waals surface area (Å²) in [5.41, 5.74) is 1.32. The van der Waals surface area contributed by atoms with Crippen LogP contribution in [0.5, 0.6) is 0 Å². The molecule has 2 heterocycles. The van der Waals surface area contributed by atoms with Crippen molar-refractivity contribution in [1.82, 2.24) is 15.5 Å². The van der Waals surface area contributed by atoms with Crippen LogP contribution in [0.2, 0.25) is 0 Å². The maximum absolute atomic E-state index is 12.3. The average Bonchev–Trinajstić information content (AvgIpc) is 2.60. The molecule has 0 radical (unpaired) electrons. The molecule has 1 aromatic rings. The van der Waals surface area contributed by atoms with Crippen LogP contribution in [0.4, 0.5) is 5.69 Å². The Kier molecular flexibility index (Phi) is 5.76. The molecule has 24 heavy (non-hydrogen) atoms. The third-order valence-corrected chi connectivity index (χ3v) is 5.50. The molecule has 1 unspecified atom stereocenters. The second kappa shape index (κ2) is 8.00. The summed E-state index contributed by atoms with van der Waals surface area (Å²) in [6, 6.07) is 5.49. The van der Waals surface area contributed by atoms with E-state index in [1.807, 2.05) is 19.1 Å². The van der Waals surface area contributed by atoms with Gasteiger partial charge in [0.2, 0.25) is 5.91 Å². The standard InChI is InChI=1S/C17H24N4O2S/c1-12-16(22)20-14-11-13(3-4-15(14)24-12)17(23)19-5-2-8-21-9-6-18-7-10-21/h3-4,11-12,18H,2,5-10H2,1H3,(H,19,23)(H,20,22). The summed E-state index contributed by atoms with van der Waals surface area (Å²) >= 11 is 1.52. The number of benzene rings is 1. The molecule has 0 aromatic heterocycles. The van der Waals surface area contributed by atoms with Crippen LogP contribution in [0.15, 0.2) is 23.1 Å². The van der Waals surface area contributed by atoms with E-state index in [2.05, 4.69) is 20.9 Å². The number of carbonyl (C=O) groups is 2. The molecule has 2 aliphatic heterocycles. The minimum atomic E-state index is -0.0952. The largest absolute Gasteiger partial charge is 0.352 e. The van der Waals surface area contributed by atoms with E-state index < -0.39 is 0 Å². The van der Waals surface area contributed by atoms with Crippen LogP contribution in [0.1, 0.15) is 23.7 Å². The number of hydrogen-bond donors (Lipinski definition) is 3. The lowest BCUT2D eigenvalue weighted by molar-refractivity contribution is -0.115. The molecule has 130 valence electrons. The minimum absolute atomic E-state index is 0.0129. The van der Waals surface area contributed by atoms with Gasteiger partial charge in [0.15, 0.2) is 0 Å². The summed E-state index contributed by atoms with van der Waals surface area (Å²) in [6.45, 7) is 7.80. The Labute approximate surface area is 146 Å². The molecular weight excluding hydrogens is 324 g/mol. The van der Waals surface area contributed by atoms with E-state index in [0.29, 0.717) is 12.1 Å². The summed E-state index contributed by atoms with van der Waals surface area (Å²) in [7, 11) is 0. The lowest BCUT2D eigenvalue weighted by Crippen LogP contribution is -2.44. The Hall–Kier alpha value is -1.57. The smallest absolute Gasteiger partial charge is 0.251 e. The summed E-state index contributed by atoms with van der Waals surface area (Å²) in [4.78, 5) is 27.5. The predicted molar refractivity (Wildman–Crippen MR) is 96.7 cm³/mol. The molecule has 0 saturated carbocycles. The van der Waals surface area contributed by atoms with Crippen LogP contribution in [-0.4, -0.2) is 61.2 Å². The third-order valence-electron chi connectivity index (χ3n) is 4.32. The van der Waals surface area contributed by atoms with Gasteiger partial charge in [0.25, 0.3) is 5.91 Å². The Morgan fingerprint density at radius 2 is 2.17 bits per heavy atom. The monoisotopic (exact) mass is 348 g/mol. The van der Waals surface area contributed by atoms with Gasteiger partial charge in [-0.25, -0.2) is 0 Å². The molecule has 0 aliphatic carbocycles. The molecule has 1 fully saturated rings. The number of rotatable bonds is 5. The van der Waals surface area contributed by atoms with Gasteiger partial charge in [-0.3, -0.25) is 9.59 Å². The van der Waals surface area contributed by atoms with Gasteiger partial charge in [0.05, 0.1) is 10.9 Å². The van der Waals surface area contributed by atoms with Gasteiger partial charge in [-0.2, -0.15) is 0 Å². The Balaban J connectivity index is 1.48. The first-order valence-corrected chi connectivity index (χ1v) is 9.34. The number of hydrogen-bond acceptors (Lipinski definition) is 5. The van der Waals surface area contributed by atoms with Crippen LogP contribution < -0.4 is 16.0 Å². The van der Waals surface area contributed by atoms with Crippen molar-refractivity contribution >= 4 is 29.3 Å². The lowest BCUT2D eigenvalue weighted by atomic mass is 10.1. The topological polar surface area (TPSA) is 73.5 Å². The highest BCUT2D eigenvalue weighted by molar-refractivity contribution is 8.00. The van der Waals surface area contributed by atoms with E-state index in [0.717, 1.165) is 49.7 Å². The number of carbonyl (C=O) groups excluding carboxylic acids is 2. The zero-order valence-corrected chi connectivity index (χ0v) is 14.7. The highest BCUT2D eigenvalue weighted by Gasteiger charge is 2.23. The quantitative estimate of drug-likeness (QED) is 0.696. The summed E-state index contributed by atoms with van der Waals surface area (Å²) in [6.07, 6.45) is 0.945. The van der Waals surface area contributed by atoms with E-state index in [-0.39, 0.29) is 17.1 Å². The Morgan fingerprint density at radius 3 is 2.96 bits per heavy atom. The molecule has 7 heteroatoms. The molecule has 1 saturated heterocycles. The SMILES string of the molecule is CC1Sc2ccc(C(=O)NCCCN3CCNCC3)cc2NC1=O. The molecule has 2 amide bonds. The second-order valence-corrected chi connectivity index (χ2v) is 7.54. The van der Waals surface area contributed by atoms with Crippen molar-refractivity contribution in [3.05, 3.63) is 23.8 Å². The van der Waals surface area contributed by atoms with Crippen molar-refractivity contribution in [2.24, 2.45) is 0 Å². The maximum Gasteiger partial charge on any atom is 0.251 e. The van der Waals surface area contributed by atoms with Crippen molar-refractivity contribution in [2.75, 3.05) is 44.6 Å². The fourth-order valence-electron chi connectivity index (χ4n) is 2.89. The average molecular weight is 348 g/mol. The molecule has 0 spiro atoms. The number of thioether (sulfide) groups is 1. The van der Waals surface area contributed by atoms with E-state index in [1.165, 1.54) is 11.8 Å². The predicted octanol–water partition coefficient (Wildman–Crippen LogP) is 1.14. The highest BCUT2D eigenvalue weighted by Crippen LogP contribution is 2.35. The van der Waals surface area contributed by atoms with E-state index in [1.54, 1.807) is 6.07 Å². The van der Waals surface area contributed by atoms with Gasteiger partial charge in [-0.05, 0) is 38.1 Å². The van der Waals surface area contributed by atoms with Crippen molar-refractivity contribution in [3.63, 3.8) is 0 Å². The van der Waals surface area contributed by atoms with Crippen molar-refractivity contribution < 1.29 is 9.59 Å². The number of piperazine rings is 1. The molecule has 1 aromatic carbocycles. The number of amides is 2. The zero-order valence-electron chi connectivity index (χ0n) is 13.9. The van der Waals surface area contributed by atoms with Crippen molar-refractivity contribution in [1.29, 1.82) is 0 Å². The van der Waals surface area contributed by atoms with E-state index >= 15 is 0 Å². The lowest BCUT2D eigenvalue weighted by Gasteiger charge is -2.27. The summed E-state index contributed by atoms with van der Waals surface area (Å²) in [5, 5.41) is 9.06. The molecule has 6 nitrogen and oxygen atoms in total. The van der Waals surface area contributed by atoms with Crippen LogP contribution in [0.3, 0.4) is 0 Å². The molecule has 3 rings (SSSR count). The molecular formula is C17H24N4O2S. The van der Waals surface area contributed by atoms with E-state index in [9.17, 15) is 9.59 Å². The molecule has 1 atom stereocenters. The number of fused-ring (bicyclic) bond motifs is 1. The first kappa shape index (κ1) is 17.3. The van der Waals surface area contributed by atoms with Crippen LogP contribution >= 0.6 is 11.8 Å². The third kappa shape index (κ3) is 4.28. The van der Waals surface area contributed by atoms with Gasteiger partial charge in [0.1, 0.15) is 0 Å². The number of anilines is 1. The van der Waals surface area contributed by atoms with Gasteiger partial charge in [-0.15, -0.1) is 11.8 Å². The van der Waals surface area contributed by atoms with Crippen molar-refractivity contribution in [2.45, 2.75) is 23.5 Å². The first-order chi connectivity index (χ1) is 11.6. The van der Waals surface area contributed by atoms with Crippen LogP contribution in [0.25, 0.3) is 0 Å². The van der Waals surface area contributed by atoms with Gasteiger partial charge in [-0.1, -0.05) is 0 Å². The Morgan fingerprint density at radius 1 is 1.38 bits per heavy atom. The fourth-order valence-corrected chi connectivity index (χ4v) is 3.82. The molecule has 0 bridgehead atoms. The van der Waals surface area contributed by atoms with Crippen LogP contribution in [-0.2, 0) is 4.79 Å². The highest BCUT2D eigenvalue weighted by atomic mass is 32.2. The van der Waals surface area contributed by atoms with Gasteiger partial charge in [0, 0.05) is 43.2 Å². The van der Waals surface area contributed by atoms with E-state index in [4.69, 9.17) is 0 Å². The minimum Gasteiger partial charge on any atom is -0.352 e. The zero-order chi connectivity index (χ0) is 16.9. The molecule has 2 aliphatic rings. The Bertz CT molecular complexity index is 617. The van der Waals surface area contributed by atoms with Gasteiger partial charge >= 0.3 is 0 Å². The van der Waals surface area contributed by atoms with Crippen LogP contribution in [0, 0.1) is 0 Å².